The molecule has 2 aromatic carbocycles. The molecule has 7 heteroatoms. The van der Waals surface area contributed by atoms with Gasteiger partial charge in [0.05, 0.1) is 12.8 Å². The molecule has 0 atom stereocenters. The molecule has 0 radical (unpaired) electrons. The maximum Gasteiger partial charge on any atom is 0.244 e. The third-order valence-corrected chi connectivity index (χ3v) is 5.57. The highest BCUT2D eigenvalue weighted by molar-refractivity contribution is 9.10. The summed E-state index contributed by atoms with van der Waals surface area (Å²) >= 11 is 3.41. The third kappa shape index (κ3) is 5.98. The van der Waals surface area contributed by atoms with Crippen molar-refractivity contribution in [2.75, 3.05) is 7.11 Å². The highest BCUT2D eigenvalue weighted by Gasteiger charge is 2.10. The van der Waals surface area contributed by atoms with E-state index in [-0.39, 0.29) is 5.91 Å². The maximum absolute atomic E-state index is 12.3. The molecular formula is C24H26BrN3O3. The summed E-state index contributed by atoms with van der Waals surface area (Å²) in [6.45, 7) is 4.74. The van der Waals surface area contributed by atoms with Crippen molar-refractivity contribution in [3.8, 4) is 11.5 Å². The van der Waals surface area contributed by atoms with Gasteiger partial charge in [0.15, 0.2) is 0 Å². The standard InChI is InChI=1S/C24H26BrN3O3/c1-16-22(17(2)28(3)27-16)14-26-24(29)12-6-18-5-11-23(30-4)19(13-18)15-31-21-9-7-20(25)8-10-21/h5-13H,14-15H2,1-4H3,(H,26,29). The molecule has 0 spiro atoms. The SMILES string of the molecule is COc1ccc(C=CC(=O)NCc2c(C)nn(C)c2C)cc1COc1ccc(Br)cc1. The number of benzene rings is 2. The molecule has 0 saturated heterocycles. The Balaban J connectivity index is 1.63. The lowest BCUT2D eigenvalue weighted by Gasteiger charge is -2.11. The normalized spacial score (nSPS) is 11.0. The molecule has 31 heavy (non-hydrogen) atoms. The summed E-state index contributed by atoms with van der Waals surface area (Å²) < 4.78 is 14.1. The van der Waals surface area contributed by atoms with Gasteiger partial charge in [-0.05, 0) is 61.9 Å². The Labute approximate surface area is 191 Å². The van der Waals surface area contributed by atoms with Gasteiger partial charge in [-0.2, -0.15) is 5.10 Å². The van der Waals surface area contributed by atoms with Crippen LogP contribution in [0.15, 0.2) is 53.0 Å². The second kappa shape index (κ2) is 10.3. The fraction of sp³-hybridized carbons (Fsp3) is 0.250. The summed E-state index contributed by atoms with van der Waals surface area (Å²) in [6.07, 6.45) is 3.31. The quantitative estimate of drug-likeness (QED) is 0.470. The van der Waals surface area contributed by atoms with E-state index in [1.54, 1.807) is 13.2 Å². The number of nitrogens with one attached hydrogen (secondary N) is 1. The van der Waals surface area contributed by atoms with E-state index in [1.165, 1.54) is 6.08 Å². The smallest absolute Gasteiger partial charge is 0.244 e. The van der Waals surface area contributed by atoms with Crippen LogP contribution < -0.4 is 14.8 Å². The number of hydrogen-bond donors (Lipinski definition) is 1. The van der Waals surface area contributed by atoms with E-state index in [0.717, 1.165) is 44.0 Å². The van der Waals surface area contributed by atoms with E-state index in [0.29, 0.717) is 13.2 Å². The zero-order valence-corrected chi connectivity index (χ0v) is 19.7. The van der Waals surface area contributed by atoms with E-state index in [4.69, 9.17) is 9.47 Å². The number of carbonyl (C=O) groups is 1. The molecule has 0 fully saturated rings. The fourth-order valence-corrected chi connectivity index (χ4v) is 3.45. The van der Waals surface area contributed by atoms with Crippen LogP contribution in [-0.4, -0.2) is 22.8 Å². The first-order chi connectivity index (χ1) is 14.9. The number of amides is 1. The van der Waals surface area contributed by atoms with Crippen LogP contribution in [0.2, 0.25) is 0 Å². The Morgan fingerprint density at radius 2 is 1.94 bits per heavy atom. The van der Waals surface area contributed by atoms with Crippen molar-refractivity contribution in [3.63, 3.8) is 0 Å². The number of halogens is 1. The van der Waals surface area contributed by atoms with E-state index in [9.17, 15) is 4.79 Å². The molecule has 3 rings (SSSR count). The summed E-state index contributed by atoms with van der Waals surface area (Å²) in [4.78, 5) is 12.3. The van der Waals surface area contributed by atoms with Crippen molar-refractivity contribution in [3.05, 3.63) is 81.1 Å². The largest absolute Gasteiger partial charge is 0.496 e. The predicted octanol–water partition coefficient (Wildman–Crippen LogP) is 4.72. The molecule has 0 aliphatic heterocycles. The van der Waals surface area contributed by atoms with Crippen LogP contribution in [0, 0.1) is 13.8 Å². The zero-order valence-electron chi connectivity index (χ0n) is 18.1. The van der Waals surface area contributed by atoms with Gasteiger partial charge in [-0.25, -0.2) is 0 Å². The number of aromatic nitrogens is 2. The first-order valence-corrected chi connectivity index (χ1v) is 10.7. The maximum atomic E-state index is 12.3. The van der Waals surface area contributed by atoms with Crippen molar-refractivity contribution in [2.24, 2.45) is 7.05 Å². The first kappa shape index (κ1) is 22.6. The van der Waals surface area contributed by atoms with Crippen LogP contribution >= 0.6 is 15.9 Å². The average Bonchev–Trinajstić information content (AvgIpc) is 3.01. The van der Waals surface area contributed by atoms with Gasteiger partial charge in [0, 0.05) is 41.0 Å². The van der Waals surface area contributed by atoms with Crippen molar-refractivity contribution < 1.29 is 14.3 Å². The van der Waals surface area contributed by atoms with Gasteiger partial charge in [-0.3, -0.25) is 9.48 Å². The molecule has 0 aliphatic rings. The topological polar surface area (TPSA) is 65.4 Å². The summed E-state index contributed by atoms with van der Waals surface area (Å²) in [7, 11) is 3.53. The van der Waals surface area contributed by atoms with E-state index >= 15 is 0 Å². The molecule has 0 aliphatic carbocycles. The summed E-state index contributed by atoms with van der Waals surface area (Å²) in [5.74, 6) is 1.35. The fourth-order valence-electron chi connectivity index (χ4n) is 3.19. The number of rotatable bonds is 8. The van der Waals surface area contributed by atoms with Gasteiger partial charge < -0.3 is 14.8 Å². The minimum absolute atomic E-state index is 0.161. The number of aryl methyl sites for hydroxylation is 2. The van der Waals surface area contributed by atoms with Gasteiger partial charge in [0.2, 0.25) is 5.91 Å². The molecular weight excluding hydrogens is 458 g/mol. The van der Waals surface area contributed by atoms with Crippen LogP contribution in [0.25, 0.3) is 6.08 Å². The Bertz CT molecular complexity index is 1090. The minimum Gasteiger partial charge on any atom is -0.496 e. The highest BCUT2D eigenvalue weighted by Crippen LogP contribution is 2.24. The Kier molecular flexibility index (Phi) is 7.52. The van der Waals surface area contributed by atoms with E-state index in [1.807, 2.05) is 68.0 Å². The van der Waals surface area contributed by atoms with Gasteiger partial charge in [-0.15, -0.1) is 0 Å². The molecule has 1 N–H and O–H groups in total. The van der Waals surface area contributed by atoms with E-state index < -0.39 is 0 Å². The lowest BCUT2D eigenvalue weighted by Crippen LogP contribution is -2.21. The molecule has 1 aromatic heterocycles. The van der Waals surface area contributed by atoms with Crippen LogP contribution in [0.3, 0.4) is 0 Å². The lowest BCUT2D eigenvalue weighted by molar-refractivity contribution is -0.116. The van der Waals surface area contributed by atoms with Gasteiger partial charge in [-0.1, -0.05) is 22.0 Å². The van der Waals surface area contributed by atoms with Crippen LogP contribution in [0.4, 0.5) is 0 Å². The molecule has 162 valence electrons. The van der Waals surface area contributed by atoms with Crippen LogP contribution in [0.5, 0.6) is 11.5 Å². The number of hydrogen-bond acceptors (Lipinski definition) is 4. The summed E-state index contributed by atoms with van der Waals surface area (Å²) in [6, 6.07) is 13.4. The number of ether oxygens (including phenoxy) is 2. The van der Waals surface area contributed by atoms with Crippen molar-refractivity contribution in [1.82, 2.24) is 15.1 Å². The average molecular weight is 484 g/mol. The third-order valence-electron chi connectivity index (χ3n) is 5.04. The Hall–Kier alpha value is -3.06. The van der Waals surface area contributed by atoms with E-state index in [2.05, 4.69) is 26.3 Å². The number of nitrogens with zero attached hydrogens (tertiary/aromatic N) is 2. The van der Waals surface area contributed by atoms with Crippen molar-refractivity contribution in [1.29, 1.82) is 0 Å². The molecule has 1 heterocycles. The van der Waals surface area contributed by atoms with Gasteiger partial charge >= 0.3 is 0 Å². The second-order valence-corrected chi connectivity index (χ2v) is 8.05. The number of methoxy groups -OCH3 is 1. The first-order valence-electron chi connectivity index (χ1n) is 9.87. The van der Waals surface area contributed by atoms with Gasteiger partial charge in [0.1, 0.15) is 18.1 Å². The Morgan fingerprint density at radius 3 is 2.58 bits per heavy atom. The molecule has 6 nitrogen and oxygen atoms in total. The molecule has 3 aromatic rings. The summed E-state index contributed by atoms with van der Waals surface area (Å²) in [5.41, 5.74) is 4.80. The van der Waals surface area contributed by atoms with Crippen molar-refractivity contribution >= 4 is 27.9 Å². The lowest BCUT2D eigenvalue weighted by atomic mass is 10.1. The molecule has 0 bridgehead atoms. The summed E-state index contributed by atoms with van der Waals surface area (Å²) in [5, 5.41) is 7.29. The van der Waals surface area contributed by atoms with Crippen LogP contribution in [-0.2, 0) is 25.0 Å². The highest BCUT2D eigenvalue weighted by atomic mass is 79.9. The molecule has 0 unspecified atom stereocenters. The monoisotopic (exact) mass is 483 g/mol. The molecule has 1 amide bonds. The van der Waals surface area contributed by atoms with Crippen LogP contribution in [0.1, 0.15) is 28.1 Å². The second-order valence-electron chi connectivity index (χ2n) is 7.14. The zero-order chi connectivity index (χ0) is 22.4. The Morgan fingerprint density at radius 1 is 1.19 bits per heavy atom. The van der Waals surface area contributed by atoms with Gasteiger partial charge in [0.25, 0.3) is 0 Å². The van der Waals surface area contributed by atoms with Crippen molar-refractivity contribution in [2.45, 2.75) is 27.0 Å². The molecule has 0 saturated carbocycles. The predicted molar refractivity (Wildman–Crippen MR) is 125 cm³/mol. The minimum atomic E-state index is -0.161. The number of carbonyl (C=O) groups excluding carboxylic acids is 1.